The molecule has 3 heterocycles. The van der Waals surface area contributed by atoms with Crippen LogP contribution in [-0.2, 0) is 35.0 Å². The smallest absolute Gasteiger partial charge is 0.250 e. The molecule has 51 heavy (non-hydrogen) atoms. The monoisotopic (exact) mass is 718 g/mol. The predicted octanol–water partition coefficient (Wildman–Crippen LogP) is -0.642. The molecule has 1 aromatic rings. The molecule has 4 rings (SSSR count). The average molecular weight is 719 g/mol. The molecule has 0 bridgehead atoms. The number of carbonyl (C=O) groups excluding carboxylic acids is 3. The summed E-state index contributed by atoms with van der Waals surface area (Å²) in [5.41, 5.74) is 13.4. The molecule has 2 unspecified atom stereocenters. The van der Waals surface area contributed by atoms with E-state index in [0.717, 1.165) is 12.8 Å². The number of benzene rings is 1. The lowest BCUT2D eigenvalue weighted by Gasteiger charge is -2.38. The van der Waals surface area contributed by atoms with Crippen molar-refractivity contribution in [2.75, 3.05) is 25.5 Å². The molecular weight excluding hydrogens is 664 g/mol. The van der Waals surface area contributed by atoms with Gasteiger partial charge in [-0.05, 0) is 50.6 Å². The average Bonchev–Trinajstić information content (AvgIpc) is 3.53. The summed E-state index contributed by atoms with van der Waals surface area (Å²) in [7, 11) is 1.56. The molecular formula is C35H54N6O10. The lowest BCUT2D eigenvalue weighted by atomic mass is 9.97. The number of anilines is 1. The Labute approximate surface area is 298 Å². The maximum absolute atomic E-state index is 13.1. The Balaban J connectivity index is 1.43. The van der Waals surface area contributed by atoms with Crippen LogP contribution in [0.15, 0.2) is 48.9 Å². The number of carbonyl (C=O) groups is 3. The Morgan fingerprint density at radius 1 is 1.04 bits per heavy atom. The maximum Gasteiger partial charge on any atom is 0.250 e. The van der Waals surface area contributed by atoms with Crippen LogP contribution < -0.4 is 22.1 Å². The summed E-state index contributed by atoms with van der Waals surface area (Å²) < 4.78 is 17.8. The third-order valence-corrected chi connectivity index (χ3v) is 9.48. The molecule has 1 aromatic carbocycles. The highest BCUT2D eigenvalue weighted by Crippen LogP contribution is 2.34. The van der Waals surface area contributed by atoms with Gasteiger partial charge in [0, 0.05) is 30.9 Å². The minimum Gasteiger partial charge on any atom is -0.387 e. The van der Waals surface area contributed by atoms with E-state index in [-0.39, 0.29) is 31.2 Å². The number of likely N-dealkylation sites (N-methyl/N-ethyl adjacent to an activating group) is 1. The highest BCUT2D eigenvalue weighted by atomic mass is 16.7. The number of hydrogen-bond donors (Lipinski definition) is 8. The molecule has 2 saturated heterocycles. The number of unbranched alkanes of at least 4 members (excludes halogenated alkanes) is 4. The number of aliphatic hydroxyl groups is 4. The number of aliphatic hydroxyl groups excluding tert-OH is 4. The molecule has 3 amide bonds. The van der Waals surface area contributed by atoms with Gasteiger partial charge in [0.2, 0.25) is 11.8 Å². The quantitative estimate of drug-likeness (QED) is 0.0832. The van der Waals surface area contributed by atoms with Gasteiger partial charge in [0.25, 0.3) is 5.91 Å². The van der Waals surface area contributed by atoms with E-state index in [2.05, 4.69) is 24.1 Å². The second-order valence-electron chi connectivity index (χ2n) is 13.3. The lowest BCUT2D eigenvalue weighted by Crippen LogP contribution is -2.59. The second kappa shape index (κ2) is 18.9. The van der Waals surface area contributed by atoms with Crippen molar-refractivity contribution in [2.24, 2.45) is 11.5 Å². The zero-order chi connectivity index (χ0) is 37.2. The Bertz CT molecular complexity index is 1360. The number of primary amides is 1. The first kappa shape index (κ1) is 40.3. The first-order valence-corrected chi connectivity index (χ1v) is 17.6. The van der Waals surface area contributed by atoms with Crippen molar-refractivity contribution in [1.82, 2.24) is 15.1 Å². The summed E-state index contributed by atoms with van der Waals surface area (Å²) in [5.74, 6) is -1.51. The first-order valence-electron chi connectivity index (χ1n) is 17.6. The lowest BCUT2D eigenvalue weighted by molar-refractivity contribution is -0.232. The number of rotatable bonds is 19. The van der Waals surface area contributed by atoms with Crippen molar-refractivity contribution < 1.29 is 49.0 Å². The van der Waals surface area contributed by atoms with Crippen LogP contribution in [0.25, 0.3) is 0 Å². The van der Waals surface area contributed by atoms with E-state index in [1.807, 2.05) is 24.3 Å². The van der Waals surface area contributed by atoms with E-state index >= 15 is 0 Å². The van der Waals surface area contributed by atoms with Crippen LogP contribution in [0, 0.1) is 0 Å². The van der Waals surface area contributed by atoms with Gasteiger partial charge in [-0.2, -0.15) is 0 Å². The topological polar surface area (TPSA) is 242 Å². The zero-order valence-electron chi connectivity index (χ0n) is 29.3. The molecule has 10 N–H and O–H groups in total. The molecule has 2 fully saturated rings. The molecule has 0 radical (unpaired) electrons. The third-order valence-electron chi connectivity index (χ3n) is 9.48. The summed E-state index contributed by atoms with van der Waals surface area (Å²) in [6, 6.07) is 6.42. The Morgan fingerprint density at radius 2 is 1.75 bits per heavy atom. The number of hydrogen-bond acceptors (Lipinski definition) is 13. The number of aryl methyl sites for hydroxylation is 1. The van der Waals surface area contributed by atoms with Crippen molar-refractivity contribution in [1.29, 1.82) is 0 Å². The predicted molar refractivity (Wildman–Crippen MR) is 186 cm³/mol. The van der Waals surface area contributed by atoms with Gasteiger partial charge in [-0.3, -0.25) is 19.3 Å². The zero-order valence-corrected chi connectivity index (χ0v) is 29.3. The maximum atomic E-state index is 13.1. The van der Waals surface area contributed by atoms with Crippen molar-refractivity contribution >= 4 is 23.4 Å². The molecule has 0 aromatic heterocycles. The third kappa shape index (κ3) is 10.3. The molecule has 0 saturated carbocycles. The fourth-order valence-electron chi connectivity index (χ4n) is 6.59. The minimum absolute atomic E-state index is 0.0657. The largest absolute Gasteiger partial charge is 0.387 e. The fourth-order valence-corrected chi connectivity index (χ4v) is 6.59. The van der Waals surface area contributed by atoms with E-state index < -0.39 is 73.1 Å². The van der Waals surface area contributed by atoms with Gasteiger partial charge in [-0.15, -0.1) is 0 Å². The highest BCUT2D eigenvalue weighted by Gasteiger charge is 2.55. The summed E-state index contributed by atoms with van der Waals surface area (Å²) >= 11 is 0. The van der Waals surface area contributed by atoms with Crippen LogP contribution in [-0.4, -0.2) is 129 Å². The summed E-state index contributed by atoms with van der Waals surface area (Å²) in [6.07, 6.45) is -3.06. The van der Waals surface area contributed by atoms with Crippen molar-refractivity contribution in [2.45, 2.75) is 120 Å². The normalized spacial score (nSPS) is 29.0. The van der Waals surface area contributed by atoms with E-state index in [1.165, 1.54) is 53.3 Å². The van der Waals surface area contributed by atoms with Crippen LogP contribution in [0.5, 0.6) is 0 Å². The van der Waals surface area contributed by atoms with Crippen LogP contribution >= 0.6 is 0 Å². The fraction of sp³-hybridized carbons (Fsp3) is 0.629. The molecule has 284 valence electrons. The molecule has 0 aliphatic carbocycles. The summed E-state index contributed by atoms with van der Waals surface area (Å²) in [5, 5.41) is 48.8. The number of amides is 3. The van der Waals surface area contributed by atoms with Gasteiger partial charge in [0.1, 0.15) is 54.6 Å². The van der Waals surface area contributed by atoms with Crippen molar-refractivity contribution in [3.05, 3.63) is 54.5 Å². The van der Waals surface area contributed by atoms with Crippen LogP contribution in [0.4, 0.5) is 5.69 Å². The van der Waals surface area contributed by atoms with Gasteiger partial charge >= 0.3 is 0 Å². The standard InChI is InChI=1S/C35H54N6O10/c1-4-5-6-7-8-10-21-12-14-22(15-13-21)39-24(42)11-9-17-40(3)26(33(37)48)31(51-35-30(47)27(44)23(19-36)49-35)32-28(45)29(46)34(50-32)41-18-16-25(43)38-20(41)2/h12-16,18,23,26-32,34-35,44-47H,2,4-11,17,19,36H2,1,3H3,(H2,37,48)(H,38,43)(H,39,42)/t23-,26+,27-,28-,29?,30-,31+,32+,34-,35?/m1/s1. The van der Waals surface area contributed by atoms with Gasteiger partial charge in [0.05, 0.1) is 0 Å². The van der Waals surface area contributed by atoms with Gasteiger partial charge < -0.3 is 61.6 Å². The highest BCUT2D eigenvalue weighted by molar-refractivity contribution is 5.90. The van der Waals surface area contributed by atoms with Crippen LogP contribution in [0.3, 0.4) is 0 Å². The molecule has 3 aliphatic rings. The van der Waals surface area contributed by atoms with E-state index in [9.17, 15) is 34.8 Å². The molecule has 3 aliphatic heterocycles. The number of nitrogens with zero attached hydrogens (tertiary/aromatic N) is 2. The van der Waals surface area contributed by atoms with Crippen LogP contribution in [0.1, 0.15) is 57.4 Å². The number of nitrogens with one attached hydrogen (secondary N) is 2. The summed E-state index contributed by atoms with van der Waals surface area (Å²) in [6.45, 7) is 5.96. The van der Waals surface area contributed by atoms with Gasteiger partial charge in [-0.25, -0.2) is 0 Å². The molecule has 0 spiro atoms. The molecule has 10 atom stereocenters. The van der Waals surface area contributed by atoms with E-state index in [0.29, 0.717) is 12.1 Å². The molecule has 16 heteroatoms. The number of ether oxygens (including phenoxy) is 3. The van der Waals surface area contributed by atoms with Gasteiger partial charge in [0.15, 0.2) is 12.5 Å². The van der Waals surface area contributed by atoms with Gasteiger partial charge in [-0.1, -0.05) is 51.3 Å². The van der Waals surface area contributed by atoms with Crippen LogP contribution in [0.2, 0.25) is 0 Å². The van der Waals surface area contributed by atoms with E-state index in [1.54, 1.807) is 7.05 Å². The SMILES string of the molecule is C=C1NC(=O)C=CN1[C@@H]1O[C@H]([C@@H](OC2O[C@H](CN)[C@@H](O)[C@H]2O)[C@@H](C(N)=O)N(C)CCCC(=O)Nc2ccc(CCCCCCC)cc2)[C@H](O)C1O. The van der Waals surface area contributed by atoms with Crippen molar-refractivity contribution in [3.63, 3.8) is 0 Å². The molecule has 16 nitrogen and oxygen atoms in total. The Kier molecular flexibility index (Phi) is 14.9. The van der Waals surface area contributed by atoms with E-state index in [4.69, 9.17) is 25.7 Å². The Hall–Kier alpha value is -3.45. The second-order valence-corrected chi connectivity index (χ2v) is 13.3. The van der Waals surface area contributed by atoms with Crippen molar-refractivity contribution in [3.8, 4) is 0 Å². The minimum atomic E-state index is -1.67. The number of nitrogens with two attached hydrogens (primary N) is 2. The summed E-state index contributed by atoms with van der Waals surface area (Å²) in [4.78, 5) is 40.5. The first-order chi connectivity index (χ1) is 24.4. The Morgan fingerprint density at radius 3 is 2.37 bits per heavy atom.